The van der Waals surface area contributed by atoms with E-state index in [2.05, 4.69) is 20.7 Å². The molecule has 0 radical (unpaired) electrons. The van der Waals surface area contributed by atoms with Gasteiger partial charge in [0, 0.05) is 23.0 Å². The maximum absolute atomic E-state index is 13.2. The standard InChI is InChI=1S/C19H25BrN2O3S/c20-15-11-14-9-10-22(19(23)13-7-8-13)18(14)17(12-15)26(24,25)21-16-5-3-1-2-4-6-16/h11-13,16,21H,1-10H2. The summed E-state index contributed by atoms with van der Waals surface area (Å²) in [6.45, 7) is 0.576. The number of sulfonamides is 1. The summed E-state index contributed by atoms with van der Waals surface area (Å²) in [5, 5.41) is 0. The molecule has 4 rings (SSSR count). The number of carbonyl (C=O) groups is 1. The van der Waals surface area contributed by atoms with Crippen LogP contribution in [-0.2, 0) is 21.2 Å². The van der Waals surface area contributed by atoms with Crippen molar-refractivity contribution in [3.8, 4) is 0 Å². The SMILES string of the molecule is O=C(C1CC1)N1CCc2cc(Br)cc(S(=O)(=O)NC3CCCCCC3)c21. The molecule has 0 spiro atoms. The van der Waals surface area contributed by atoms with Crippen LogP contribution >= 0.6 is 15.9 Å². The van der Waals surface area contributed by atoms with Crippen molar-refractivity contribution in [2.45, 2.75) is 68.7 Å². The fourth-order valence-electron chi connectivity index (χ4n) is 4.13. The van der Waals surface area contributed by atoms with Gasteiger partial charge in [0.25, 0.3) is 0 Å². The summed E-state index contributed by atoms with van der Waals surface area (Å²) in [5.74, 6) is 0.159. The second-order valence-electron chi connectivity index (χ2n) is 7.74. The van der Waals surface area contributed by atoms with Crippen molar-refractivity contribution in [3.05, 3.63) is 22.2 Å². The highest BCUT2D eigenvalue weighted by atomic mass is 79.9. The van der Waals surface area contributed by atoms with E-state index in [1.807, 2.05) is 6.07 Å². The molecule has 1 heterocycles. The number of fused-ring (bicyclic) bond motifs is 1. The predicted octanol–water partition coefficient (Wildman–Crippen LogP) is 3.75. The van der Waals surface area contributed by atoms with E-state index in [0.717, 1.165) is 48.6 Å². The number of nitrogens with zero attached hydrogens (tertiary/aromatic N) is 1. The zero-order valence-corrected chi connectivity index (χ0v) is 17.2. The van der Waals surface area contributed by atoms with Crippen LogP contribution in [0.1, 0.15) is 56.9 Å². The lowest BCUT2D eigenvalue weighted by atomic mass is 10.1. The van der Waals surface area contributed by atoms with E-state index in [-0.39, 0.29) is 22.8 Å². The van der Waals surface area contributed by atoms with Crippen LogP contribution in [0.15, 0.2) is 21.5 Å². The summed E-state index contributed by atoms with van der Waals surface area (Å²) in [4.78, 5) is 14.6. The molecule has 0 atom stereocenters. The molecule has 1 aromatic carbocycles. The number of hydrogen-bond acceptors (Lipinski definition) is 3. The van der Waals surface area contributed by atoms with Gasteiger partial charge in [0.15, 0.2) is 0 Å². The lowest BCUT2D eigenvalue weighted by Crippen LogP contribution is -2.36. The first-order valence-electron chi connectivity index (χ1n) is 9.62. The first kappa shape index (κ1) is 18.4. The summed E-state index contributed by atoms with van der Waals surface area (Å²) >= 11 is 3.45. The minimum atomic E-state index is -3.67. The van der Waals surface area contributed by atoms with Gasteiger partial charge >= 0.3 is 0 Å². The van der Waals surface area contributed by atoms with Crippen LogP contribution < -0.4 is 9.62 Å². The van der Waals surface area contributed by atoms with Gasteiger partial charge < -0.3 is 4.90 Å². The van der Waals surface area contributed by atoms with Crippen molar-refractivity contribution in [1.29, 1.82) is 0 Å². The number of amides is 1. The first-order chi connectivity index (χ1) is 12.5. The smallest absolute Gasteiger partial charge is 0.242 e. The Morgan fingerprint density at radius 3 is 2.42 bits per heavy atom. The Morgan fingerprint density at radius 2 is 1.77 bits per heavy atom. The van der Waals surface area contributed by atoms with Crippen molar-refractivity contribution in [3.63, 3.8) is 0 Å². The number of halogens is 1. The van der Waals surface area contributed by atoms with Crippen LogP contribution in [0.4, 0.5) is 5.69 Å². The Labute approximate surface area is 163 Å². The molecular weight excluding hydrogens is 416 g/mol. The van der Waals surface area contributed by atoms with E-state index in [1.165, 1.54) is 12.8 Å². The highest BCUT2D eigenvalue weighted by molar-refractivity contribution is 9.10. The largest absolute Gasteiger partial charge is 0.310 e. The fraction of sp³-hybridized carbons (Fsp3) is 0.632. The summed E-state index contributed by atoms with van der Waals surface area (Å²) in [6, 6.07) is 3.59. The zero-order valence-electron chi connectivity index (χ0n) is 14.8. The van der Waals surface area contributed by atoms with E-state index in [4.69, 9.17) is 0 Å². The second-order valence-corrected chi connectivity index (χ2v) is 10.3. The first-order valence-corrected chi connectivity index (χ1v) is 11.9. The average molecular weight is 441 g/mol. The maximum atomic E-state index is 13.2. The van der Waals surface area contributed by atoms with Gasteiger partial charge in [0.1, 0.15) is 4.90 Å². The number of benzene rings is 1. The number of rotatable bonds is 4. The molecule has 7 heteroatoms. The Bertz CT molecular complexity index is 812. The third-order valence-corrected chi connectivity index (χ3v) is 7.64. The fourth-order valence-corrected chi connectivity index (χ4v) is 6.36. The van der Waals surface area contributed by atoms with Gasteiger partial charge in [-0.05, 0) is 49.8 Å². The van der Waals surface area contributed by atoms with Crippen molar-refractivity contribution in [1.82, 2.24) is 4.72 Å². The Morgan fingerprint density at radius 1 is 1.08 bits per heavy atom. The average Bonchev–Trinajstić information content (AvgIpc) is 3.39. The third kappa shape index (κ3) is 3.71. The van der Waals surface area contributed by atoms with Crippen LogP contribution in [0, 0.1) is 5.92 Å². The van der Waals surface area contributed by atoms with E-state index in [1.54, 1.807) is 11.0 Å². The predicted molar refractivity (Wildman–Crippen MR) is 105 cm³/mol. The molecule has 2 aliphatic carbocycles. The molecule has 0 unspecified atom stereocenters. The molecule has 2 fully saturated rings. The van der Waals surface area contributed by atoms with Gasteiger partial charge in [0.2, 0.25) is 15.9 Å². The summed E-state index contributed by atoms with van der Waals surface area (Å²) in [5.41, 5.74) is 1.54. The Hall–Kier alpha value is -0.920. The van der Waals surface area contributed by atoms with E-state index >= 15 is 0 Å². The maximum Gasteiger partial charge on any atom is 0.242 e. The van der Waals surface area contributed by atoms with E-state index in [0.29, 0.717) is 18.7 Å². The van der Waals surface area contributed by atoms with Gasteiger partial charge in [-0.2, -0.15) is 0 Å². The van der Waals surface area contributed by atoms with E-state index in [9.17, 15) is 13.2 Å². The van der Waals surface area contributed by atoms with Gasteiger partial charge in [-0.25, -0.2) is 13.1 Å². The third-order valence-electron chi connectivity index (χ3n) is 5.65. The van der Waals surface area contributed by atoms with Crippen LogP contribution in [0.2, 0.25) is 0 Å². The minimum absolute atomic E-state index is 0.00822. The minimum Gasteiger partial charge on any atom is -0.310 e. The van der Waals surface area contributed by atoms with Crippen molar-refractivity contribution >= 4 is 37.5 Å². The normalized spacial score (nSPS) is 21.5. The van der Waals surface area contributed by atoms with Crippen molar-refractivity contribution in [2.75, 3.05) is 11.4 Å². The van der Waals surface area contributed by atoms with Crippen LogP contribution in [-0.4, -0.2) is 26.9 Å². The molecule has 5 nitrogen and oxygen atoms in total. The molecular formula is C19H25BrN2O3S. The molecule has 142 valence electrons. The lowest BCUT2D eigenvalue weighted by molar-refractivity contribution is -0.119. The molecule has 1 N–H and O–H groups in total. The highest BCUT2D eigenvalue weighted by Gasteiger charge is 2.39. The van der Waals surface area contributed by atoms with Gasteiger partial charge in [-0.15, -0.1) is 0 Å². The van der Waals surface area contributed by atoms with Crippen molar-refractivity contribution < 1.29 is 13.2 Å². The number of nitrogens with one attached hydrogen (secondary N) is 1. The molecule has 26 heavy (non-hydrogen) atoms. The Balaban J connectivity index is 1.68. The lowest BCUT2D eigenvalue weighted by Gasteiger charge is -2.23. The topological polar surface area (TPSA) is 66.5 Å². The molecule has 0 saturated heterocycles. The van der Waals surface area contributed by atoms with Crippen molar-refractivity contribution in [2.24, 2.45) is 5.92 Å². The van der Waals surface area contributed by atoms with Gasteiger partial charge in [-0.1, -0.05) is 41.6 Å². The molecule has 2 saturated carbocycles. The molecule has 0 bridgehead atoms. The molecule has 3 aliphatic rings. The molecule has 0 aromatic heterocycles. The van der Waals surface area contributed by atoms with Gasteiger partial charge in [-0.3, -0.25) is 4.79 Å². The Kier molecular flexibility index (Phi) is 5.14. The molecule has 1 aromatic rings. The zero-order chi connectivity index (χ0) is 18.3. The monoisotopic (exact) mass is 440 g/mol. The van der Waals surface area contributed by atoms with Crippen LogP contribution in [0.25, 0.3) is 0 Å². The number of anilines is 1. The summed E-state index contributed by atoms with van der Waals surface area (Å²) < 4.78 is 30.1. The molecule has 1 amide bonds. The highest BCUT2D eigenvalue weighted by Crippen LogP contribution is 2.41. The second kappa shape index (κ2) is 7.24. The molecule has 1 aliphatic heterocycles. The number of hydrogen-bond donors (Lipinski definition) is 1. The summed E-state index contributed by atoms with van der Waals surface area (Å²) in [6.07, 6.45) is 8.81. The van der Waals surface area contributed by atoms with Gasteiger partial charge in [0.05, 0.1) is 5.69 Å². The summed E-state index contributed by atoms with van der Waals surface area (Å²) in [7, 11) is -3.67. The number of carbonyl (C=O) groups excluding carboxylic acids is 1. The van der Waals surface area contributed by atoms with Crippen LogP contribution in [0.3, 0.4) is 0 Å². The van der Waals surface area contributed by atoms with Crippen LogP contribution in [0.5, 0.6) is 0 Å². The quantitative estimate of drug-likeness (QED) is 0.724. The van der Waals surface area contributed by atoms with E-state index < -0.39 is 10.0 Å².